The van der Waals surface area contributed by atoms with E-state index in [0.29, 0.717) is 10.8 Å². The summed E-state index contributed by atoms with van der Waals surface area (Å²) in [7, 11) is 0. The average Bonchev–Trinajstić information content (AvgIpc) is 2.40. The first-order chi connectivity index (χ1) is 9.88. The Morgan fingerprint density at radius 3 is 2.48 bits per heavy atom. The first kappa shape index (κ1) is 15.6. The molecule has 2 rings (SSSR count). The molecule has 0 saturated carbocycles. The van der Waals surface area contributed by atoms with E-state index in [1.54, 1.807) is 18.2 Å². The predicted octanol–water partition coefficient (Wildman–Crippen LogP) is 4.71. The van der Waals surface area contributed by atoms with E-state index in [1.165, 1.54) is 18.2 Å². The Kier molecular flexibility index (Phi) is 4.67. The summed E-state index contributed by atoms with van der Waals surface area (Å²) < 4.78 is 5.55. The van der Waals surface area contributed by atoms with Gasteiger partial charge in [-0.25, -0.2) is 0 Å². The summed E-state index contributed by atoms with van der Waals surface area (Å²) in [6, 6.07) is 8.79. The van der Waals surface area contributed by atoms with Gasteiger partial charge in [0.15, 0.2) is 5.75 Å². The second kappa shape index (κ2) is 6.30. The fourth-order valence-corrected chi connectivity index (χ4v) is 2.25. The van der Waals surface area contributed by atoms with Gasteiger partial charge in [0.05, 0.1) is 16.0 Å². The van der Waals surface area contributed by atoms with E-state index in [1.807, 2.05) is 6.92 Å². The minimum atomic E-state index is -0.518. The Morgan fingerprint density at radius 2 is 1.90 bits per heavy atom. The van der Waals surface area contributed by atoms with E-state index in [2.05, 4.69) is 0 Å². The molecule has 110 valence electrons. The molecule has 0 aliphatic carbocycles. The standard InChI is InChI=1S/C14H12Cl2N2O3/c1-8(17)11-4-3-10(7-13(11)16)21-14-6-9(18(19)20)2-5-12(14)15/h2-8H,17H2,1H3. The van der Waals surface area contributed by atoms with Gasteiger partial charge < -0.3 is 10.5 Å². The number of hydrogen-bond donors (Lipinski definition) is 1. The Bertz CT molecular complexity index is 690. The Hall–Kier alpha value is -1.82. The van der Waals surface area contributed by atoms with E-state index in [9.17, 15) is 10.1 Å². The maximum Gasteiger partial charge on any atom is 0.273 e. The van der Waals surface area contributed by atoms with Crippen LogP contribution >= 0.6 is 23.2 Å². The lowest BCUT2D eigenvalue weighted by atomic mass is 10.1. The van der Waals surface area contributed by atoms with Crippen LogP contribution < -0.4 is 10.5 Å². The number of rotatable bonds is 4. The van der Waals surface area contributed by atoms with Crippen LogP contribution in [0, 0.1) is 10.1 Å². The quantitative estimate of drug-likeness (QED) is 0.651. The number of ether oxygens (including phenoxy) is 1. The maximum absolute atomic E-state index is 10.8. The third-order valence-corrected chi connectivity index (χ3v) is 3.46. The zero-order valence-electron chi connectivity index (χ0n) is 11.0. The third kappa shape index (κ3) is 3.64. The van der Waals surface area contributed by atoms with E-state index in [-0.39, 0.29) is 22.5 Å². The molecule has 7 heteroatoms. The zero-order chi connectivity index (χ0) is 15.6. The molecule has 2 aromatic rings. The first-order valence-corrected chi connectivity index (χ1v) is 6.81. The number of nitro groups is 1. The zero-order valence-corrected chi connectivity index (χ0v) is 12.6. The minimum Gasteiger partial charge on any atom is -0.455 e. The second-order valence-corrected chi connectivity index (χ2v) is 5.26. The number of nitrogens with two attached hydrogens (primary N) is 1. The Balaban J connectivity index is 2.32. The fourth-order valence-electron chi connectivity index (χ4n) is 1.75. The molecule has 1 unspecified atom stereocenters. The molecule has 0 heterocycles. The smallest absolute Gasteiger partial charge is 0.273 e. The van der Waals surface area contributed by atoms with Crippen LogP contribution in [0.5, 0.6) is 11.5 Å². The minimum absolute atomic E-state index is 0.104. The van der Waals surface area contributed by atoms with E-state index < -0.39 is 4.92 Å². The molecule has 21 heavy (non-hydrogen) atoms. The van der Waals surface area contributed by atoms with Crippen LogP contribution in [0.1, 0.15) is 18.5 Å². The van der Waals surface area contributed by atoms with Crippen LogP contribution in [0.25, 0.3) is 0 Å². The SMILES string of the molecule is CC(N)c1ccc(Oc2cc([N+](=O)[O-])ccc2Cl)cc1Cl. The summed E-state index contributed by atoms with van der Waals surface area (Å²) in [6.45, 7) is 1.82. The van der Waals surface area contributed by atoms with Crippen molar-refractivity contribution in [3.05, 3.63) is 62.1 Å². The number of non-ortho nitro benzene ring substituents is 1. The molecule has 0 amide bonds. The molecule has 0 bridgehead atoms. The molecule has 0 fully saturated rings. The highest BCUT2D eigenvalue weighted by Gasteiger charge is 2.13. The van der Waals surface area contributed by atoms with Crippen molar-refractivity contribution in [1.82, 2.24) is 0 Å². The van der Waals surface area contributed by atoms with Gasteiger partial charge in [0, 0.05) is 17.1 Å². The summed E-state index contributed by atoms with van der Waals surface area (Å²) in [5, 5.41) is 11.5. The molecule has 1 atom stereocenters. The van der Waals surface area contributed by atoms with Gasteiger partial charge in [0.1, 0.15) is 5.75 Å². The highest BCUT2D eigenvalue weighted by molar-refractivity contribution is 6.32. The lowest BCUT2D eigenvalue weighted by Crippen LogP contribution is -2.05. The second-order valence-electron chi connectivity index (χ2n) is 4.45. The summed E-state index contributed by atoms with van der Waals surface area (Å²) in [5.41, 5.74) is 6.46. The van der Waals surface area contributed by atoms with Gasteiger partial charge in [-0.3, -0.25) is 10.1 Å². The van der Waals surface area contributed by atoms with Crippen molar-refractivity contribution in [2.45, 2.75) is 13.0 Å². The van der Waals surface area contributed by atoms with E-state index in [4.69, 9.17) is 33.7 Å². The van der Waals surface area contributed by atoms with Crippen molar-refractivity contribution in [2.75, 3.05) is 0 Å². The molecule has 0 aromatic heterocycles. The molecule has 0 saturated heterocycles. The van der Waals surface area contributed by atoms with Crippen LogP contribution in [0.2, 0.25) is 10.0 Å². The molecule has 2 N–H and O–H groups in total. The Morgan fingerprint density at radius 1 is 1.19 bits per heavy atom. The summed E-state index contributed by atoms with van der Waals surface area (Å²) in [6.07, 6.45) is 0. The molecular weight excluding hydrogens is 315 g/mol. The van der Waals surface area contributed by atoms with Gasteiger partial charge in [-0.05, 0) is 30.7 Å². The summed E-state index contributed by atoms with van der Waals surface area (Å²) in [5.74, 6) is 0.613. The molecular formula is C14H12Cl2N2O3. The van der Waals surface area contributed by atoms with Gasteiger partial charge >= 0.3 is 0 Å². The highest BCUT2D eigenvalue weighted by Crippen LogP contribution is 2.34. The normalized spacial score (nSPS) is 12.0. The number of benzene rings is 2. The van der Waals surface area contributed by atoms with Crippen molar-refractivity contribution in [2.24, 2.45) is 5.73 Å². The molecule has 0 aliphatic rings. The summed E-state index contributed by atoms with van der Waals surface area (Å²) >= 11 is 12.1. The van der Waals surface area contributed by atoms with Crippen LogP contribution in [0.3, 0.4) is 0 Å². The van der Waals surface area contributed by atoms with Crippen molar-refractivity contribution < 1.29 is 9.66 Å². The number of hydrogen-bond acceptors (Lipinski definition) is 4. The van der Waals surface area contributed by atoms with Crippen LogP contribution in [0.4, 0.5) is 5.69 Å². The summed E-state index contributed by atoms with van der Waals surface area (Å²) in [4.78, 5) is 10.2. The molecule has 5 nitrogen and oxygen atoms in total. The van der Waals surface area contributed by atoms with Crippen LogP contribution in [-0.2, 0) is 0 Å². The van der Waals surface area contributed by atoms with Crippen LogP contribution in [-0.4, -0.2) is 4.92 Å². The topological polar surface area (TPSA) is 78.4 Å². The van der Waals surface area contributed by atoms with E-state index in [0.717, 1.165) is 5.56 Å². The highest BCUT2D eigenvalue weighted by atomic mass is 35.5. The lowest BCUT2D eigenvalue weighted by molar-refractivity contribution is -0.384. The largest absolute Gasteiger partial charge is 0.455 e. The lowest BCUT2D eigenvalue weighted by Gasteiger charge is -2.11. The number of halogens is 2. The number of nitro benzene ring substituents is 1. The van der Waals surface area contributed by atoms with Gasteiger partial charge in [-0.15, -0.1) is 0 Å². The average molecular weight is 327 g/mol. The van der Waals surface area contributed by atoms with Crippen molar-refractivity contribution in [3.63, 3.8) is 0 Å². The van der Waals surface area contributed by atoms with Gasteiger partial charge in [-0.2, -0.15) is 0 Å². The van der Waals surface area contributed by atoms with Crippen molar-refractivity contribution >= 4 is 28.9 Å². The Labute approximate surface area is 131 Å². The van der Waals surface area contributed by atoms with E-state index >= 15 is 0 Å². The fraction of sp³-hybridized carbons (Fsp3) is 0.143. The van der Waals surface area contributed by atoms with Crippen molar-refractivity contribution in [3.8, 4) is 11.5 Å². The van der Waals surface area contributed by atoms with Crippen molar-refractivity contribution in [1.29, 1.82) is 0 Å². The van der Waals surface area contributed by atoms with Gasteiger partial charge in [-0.1, -0.05) is 29.3 Å². The number of nitrogens with zero attached hydrogens (tertiary/aromatic N) is 1. The molecule has 2 aromatic carbocycles. The monoisotopic (exact) mass is 326 g/mol. The maximum atomic E-state index is 10.8. The first-order valence-electron chi connectivity index (χ1n) is 6.05. The third-order valence-electron chi connectivity index (χ3n) is 2.82. The molecule has 0 radical (unpaired) electrons. The molecule has 0 spiro atoms. The van der Waals surface area contributed by atoms with Gasteiger partial charge in [0.2, 0.25) is 0 Å². The molecule has 0 aliphatic heterocycles. The van der Waals surface area contributed by atoms with Crippen LogP contribution in [0.15, 0.2) is 36.4 Å². The predicted molar refractivity (Wildman–Crippen MR) is 82.2 cm³/mol. The van der Waals surface area contributed by atoms with Gasteiger partial charge in [0.25, 0.3) is 5.69 Å².